The van der Waals surface area contributed by atoms with Crippen LogP contribution in [0.25, 0.3) is 0 Å². The van der Waals surface area contributed by atoms with Crippen LogP contribution in [0.15, 0.2) is 48.5 Å². The molecule has 0 saturated heterocycles. The van der Waals surface area contributed by atoms with Gasteiger partial charge >= 0.3 is 0 Å². The van der Waals surface area contributed by atoms with Crippen LogP contribution < -0.4 is 5.32 Å². The molecule has 0 aromatic heterocycles. The molecule has 21 heavy (non-hydrogen) atoms. The number of halogens is 2. The SMILES string of the molecule is CNC(Cc1ccc(F)cc1Cl)C1CC1c1ccccc1. The number of hydrogen-bond donors (Lipinski definition) is 1. The van der Waals surface area contributed by atoms with Gasteiger partial charge in [-0.2, -0.15) is 0 Å². The zero-order valence-corrected chi connectivity index (χ0v) is 12.8. The van der Waals surface area contributed by atoms with E-state index in [1.807, 2.05) is 7.05 Å². The highest BCUT2D eigenvalue weighted by Gasteiger charge is 2.43. The molecular weight excluding hydrogens is 285 g/mol. The summed E-state index contributed by atoms with van der Waals surface area (Å²) in [6, 6.07) is 15.7. The molecule has 0 heterocycles. The van der Waals surface area contributed by atoms with E-state index in [0.717, 1.165) is 12.0 Å². The fourth-order valence-corrected chi connectivity index (χ4v) is 3.38. The van der Waals surface area contributed by atoms with Crippen molar-refractivity contribution < 1.29 is 4.39 Å². The Bertz CT molecular complexity index is 614. The average Bonchev–Trinajstić information content (AvgIpc) is 3.28. The van der Waals surface area contributed by atoms with Crippen molar-refractivity contribution in [2.45, 2.75) is 24.8 Å². The molecule has 1 aliphatic rings. The summed E-state index contributed by atoms with van der Waals surface area (Å²) >= 11 is 6.14. The van der Waals surface area contributed by atoms with E-state index in [1.165, 1.54) is 24.1 Å². The molecular formula is C18H19ClFN. The summed E-state index contributed by atoms with van der Waals surface area (Å²) in [5.41, 5.74) is 2.42. The van der Waals surface area contributed by atoms with E-state index in [2.05, 4.69) is 35.6 Å². The smallest absolute Gasteiger partial charge is 0.124 e. The molecule has 1 nitrogen and oxygen atoms in total. The van der Waals surface area contributed by atoms with Crippen LogP contribution in [0.3, 0.4) is 0 Å². The molecule has 1 saturated carbocycles. The van der Waals surface area contributed by atoms with E-state index in [-0.39, 0.29) is 5.82 Å². The van der Waals surface area contributed by atoms with Crippen LogP contribution >= 0.6 is 11.6 Å². The topological polar surface area (TPSA) is 12.0 Å². The van der Waals surface area contributed by atoms with Gasteiger partial charge in [-0.25, -0.2) is 4.39 Å². The van der Waals surface area contributed by atoms with Crippen molar-refractivity contribution in [2.24, 2.45) is 5.92 Å². The van der Waals surface area contributed by atoms with Crippen molar-refractivity contribution in [3.05, 3.63) is 70.5 Å². The van der Waals surface area contributed by atoms with Crippen LogP contribution in [0.1, 0.15) is 23.5 Å². The quantitative estimate of drug-likeness (QED) is 0.862. The van der Waals surface area contributed by atoms with Crippen molar-refractivity contribution in [1.29, 1.82) is 0 Å². The first-order valence-electron chi connectivity index (χ1n) is 7.35. The summed E-state index contributed by atoms with van der Waals surface area (Å²) < 4.78 is 13.1. The molecule has 1 N–H and O–H groups in total. The van der Waals surface area contributed by atoms with Gasteiger partial charge < -0.3 is 5.32 Å². The minimum Gasteiger partial charge on any atom is -0.316 e. The lowest BCUT2D eigenvalue weighted by Gasteiger charge is -2.17. The van der Waals surface area contributed by atoms with Gasteiger partial charge in [0.2, 0.25) is 0 Å². The van der Waals surface area contributed by atoms with Crippen molar-refractivity contribution in [1.82, 2.24) is 5.32 Å². The zero-order chi connectivity index (χ0) is 14.8. The molecule has 0 spiro atoms. The Hall–Kier alpha value is -1.38. The van der Waals surface area contributed by atoms with Gasteiger partial charge in [-0.3, -0.25) is 0 Å². The summed E-state index contributed by atoms with van der Waals surface area (Å²) in [6.07, 6.45) is 2.04. The molecule has 3 atom stereocenters. The molecule has 3 heteroatoms. The molecule has 2 aromatic carbocycles. The molecule has 1 aliphatic carbocycles. The Balaban J connectivity index is 1.70. The second-order valence-corrected chi connectivity index (χ2v) is 6.16. The lowest BCUT2D eigenvalue weighted by atomic mass is 9.99. The molecule has 1 fully saturated rings. The maximum absolute atomic E-state index is 13.1. The van der Waals surface area contributed by atoms with Crippen molar-refractivity contribution in [2.75, 3.05) is 7.05 Å². The van der Waals surface area contributed by atoms with Gasteiger partial charge in [0.1, 0.15) is 5.82 Å². The maximum atomic E-state index is 13.1. The van der Waals surface area contributed by atoms with Gasteiger partial charge in [0.05, 0.1) is 0 Å². The Kier molecular flexibility index (Phi) is 4.27. The van der Waals surface area contributed by atoms with Gasteiger partial charge in [-0.1, -0.05) is 48.0 Å². The number of likely N-dealkylation sites (N-methyl/N-ethyl adjacent to an activating group) is 1. The fraction of sp³-hybridized carbons (Fsp3) is 0.333. The third-order valence-electron chi connectivity index (χ3n) is 4.41. The van der Waals surface area contributed by atoms with Crippen LogP contribution in [0.4, 0.5) is 4.39 Å². The number of nitrogens with one attached hydrogen (secondary N) is 1. The highest BCUT2D eigenvalue weighted by Crippen LogP contribution is 2.50. The summed E-state index contributed by atoms with van der Waals surface area (Å²) in [5, 5.41) is 3.92. The van der Waals surface area contributed by atoms with Crippen LogP contribution in [-0.2, 0) is 6.42 Å². The summed E-state index contributed by atoms with van der Waals surface area (Å²) in [4.78, 5) is 0. The van der Waals surface area contributed by atoms with Crippen molar-refractivity contribution >= 4 is 11.6 Å². The van der Waals surface area contributed by atoms with Gasteiger partial charge in [0, 0.05) is 11.1 Å². The second kappa shape index (κ2) is 6.17. The molecule has 110 valence electrons. The predicted molar refractivity (Wildman–Crippen MR) is 85.3 cm³/mol. The zero-order valence-electron chi connectivity index (χ0n) is 12.0. The Morgan fingerprint density at radius 2 is 2.00 bits per heavy atom. The average molecular weight is 304 g/mol. The number of rotatable bonds is 5. The Morgan fingerprint density at radius 3 is 2.67 bits per heavy atom. The molecule has 0 radical (unpaired) electrons. The first-order valence-corrected chi connectivity index (χ1v) is 7.73. The summed E-state index contributed by atoms with van der Waals surface area (Å²) in [6.45, 7) is 0. The molecule has 3 rings (SSSR count). The molecule has 0 amide bonds. The van der Waals surface area contributed by atoms with Gasteiger partial charge in [0.15, 0.2) is 0 Å². The van der Waals surface area contributed by atoms with E-state index in [9.17, 15) is 4.39 Å². The van der Waals surface area contributed by atoms with Crippen LogP contribution in [0, 0.1) is 11.7 Å². The lowest BCUT2D eigenvalue weighted by Crippen LogP contribution is -2.30. The third-order valence-corrected chi connectivity index (χ3v) is 4.76. The van der Waals surface area contributed by atoms with E-state index in [4.69, 9.17) is 11.6 Å². The van der Waals surface area contributed by atoms with Crippen molar-refractivity contribution in [3.63, 3.8) is 0 Å². The minimum absolute atomic E-state index is 0.279. The lowest BCUT2D eigenvalue weighted by molar-refractivity contribution is 0.490. The molecule has 2 aromatic rings. The molecule has 0 bridgehead atoms. The summed E-state index contributed by atoms with van der Waals surface area (Å²) in [5.74, 6) is 0.972. The molecule has 0 aliphatic heterocycles. The Morgan fingerprint density at radius 1 is 1.24 bits per heavy atom. The van der Waals surface area contributed by atoms with Crippen LogP contribution in [-0.4, -0.2) is 13.1 Å². The first-order chi connectivity index (χ1) is 10.2. The highest BCUT2D eigenvalue weighted by molar-refractivity contribution is 6.31. The fourth-order valence-electron chi connectivity index (χ4n) is 3.13. The minimum atomic E-state index is -0.279. The van der Waals surface area contributed by atoms with Gasteiger partial charge in [0.25, 0.3) is 0 Å². The van der Waals surface area contributed by atoms with E-state index in [1.54, 1.807) is 6.07 Å². The Labute approximate surface area is 130 Å². The highest BCUT2D eigenvalue weighted by atomic mass is 35.5. The second-order valence-electron chi connectivity index (χ2n) is 5.75. The normalized spacial score (nSPS) is 22.0. The summed E-state index contributed by atoms with van der Waals surface area (Å²) in [7, 11) is 1.99. The number of hydrogen-bond acceptors (Lipinski definition) is 1. The van der Waals surface area contributed by atoms with E-state index < -0.39 is 0 Å². The monoisotopic (exact) mass is 303 g/mol. The number of benzene rings is 2. The molecule has 3 unspecified atom stereocenters. The largest absolute Gasteiger partial charge is 0.316 e. The maximum Gasteiger partial charge on any atom is 0.124 e. The van der Waals surface area contributed by atoms with E-state index in [0.29, 0.717) is 22.9 Å². The van der Waals surface area contributed by atoms with Crippen LogP contribution in [0.5, 0.6) is 0 Å². The first kappa shape index (κ1) is 14.6. The van der Waals surface area contributed by atoms with Gasteiger partial charge in [-0.15, -0.1) is 0 Å². The van der Waals surface area contributed by atoms with Gasteiger partial charge in [-0.05, 0) is 55.0 Å². The van der Waals surface area contributed by atoms with Crippen molar-refractivity contribution in [3.8, 4) is 0 Å². The van der Waals surface area contributed by atoms with Crippen LogP contribution in [0.2, 0.25) is 5.02 Å². The van der Waals surface area contributed by atoms with E-state index >= 15 is 0 Å². The predicted octanol–water partition coefficient (Wildman–Crippen LogP) is 4.41. The standard InChI is InChI=1S/C18H19ClFN/c1-21-18(9-13-7-8-14(20)10-17(13)19)16-11-15(16)12-5-3-2-4-6-12/h2-8,10,15-16,18,21H,9,11H2,1H3. The third kappa shape index (κ3) is 3.28.